The van der Waals surface area contributed by atoms with Crippen molar-refractivity contribution < 1.29 is 8.42 Å². The standard InChI is InChI=1S/C14H24N2O2S2/c1-14(2,19-4)11-16-20(17,18)13-7-5-12(6-8-13)9-10-15-3/h5-8,15-16H,9-11H2,1-4H3. The molecular weight excluding hydrogens is 292 g/mol. The Balaban J connectivity index is 2.73. The third-order valence-corrected chi connectivity index (χ3v) is 5.80. The van der Waals surface area contributed by atoms with Gasteiger partial charge < -0.3 is 5.32 Å². The van der Waals surface area contributed by atoms with Gasteiger partial charge in [0.05, 0.1) is 4.90 Å². The monoisotopic (exact) mass is 316 g/mol. The molecule has 0 fully saturated rings. The summed E-state index contributed by atoms with van der Waals surface area (Å²) in [4.78, 5) is 0.322. The molecule has 1 aromatic carbocycles. The van der Waals surface area contributed by atoms with Crippen LogP contribution in [0, 0.1) is 0 Å². The Labute approximate surface area is 126 Å². The minimum absolute atomic E-state index is 0.111. The normalized spacial score (nSPS) is 12.6. The minimum Gasteiger partial charge on any atom is -0.319 e. The summed E-state index contributed by atoms with van der Waals surface area (Å²) in [5.41, 5.74) is 1.13. The Morgan fingerprint density at radius 3 is 2.30 bits per heavy atom. The molecule has 1 aromatic rings. The molecule has 114 valence electrons. The van der Waals surface area contributed by atoms with Crippen LogP contribution in [0.1, 0.15) is 19.4 Å². The highest BCUT2D eigenvalue weighted by molar-refractivity contribution is 8.00. The highest BCUT2D eigenvalue weighted by Gasteiger charge is 2.21. The molecule has 4 nitrogen and oxygen atoms in total. The van der Waals surface area contributed by atoms with Gasteiger partial charge in [-0.05, 0) is 57.8 Å². The second-order valence-corrected chi connectivity index (χ2v) is 8.57. The third kappa shape index (κ3) is 5.44. The van der Waals surface area contributed by atoms with E-state index in [0.29, 0.717) is 11.4 Å². The summed E-state index contributed by atoms with van der Waals surface area (Å²) in [6, 6.07) is 7.07. The number of hydrogen-bond donors (Lipinski definition) is 2. The van der Waals surface area contributed by atoms with Crippen molar-refractivity contribution in [1.29, 1.82) is 0 Å². The highest BCUT2D eigenvalue weighted by Crippen LogP contribution is 2.20. The van der Waals surface area contributed by atoms with Crippen LogP contribution in [-0.4, -0.2) is 39.6 Å². The van der Waals surface area contributed by atoms with Gasteiger partial charge in [-0.2, -0.15) is 11.8 Å². The van der Waals surface area contributed by atoms with Gasteiger partial charge in [0.15, 0.2) is 0 Å². The molecule has 0 aliphatic carbocycles. The van der Waals surface area contributed by atoms with E-state index in [1.165, 1.54) is 0 Å². The van der Waals surface area contributed by atoms with Crippen LogP contribution in [0.25, 0.3) is 0 Å². The molecule has 0 bridgehead atoms. The zero-order valence-electron chi connectivity index (χ0n) is 12.6. The van der Waals surface area contributed by atoms with Crippen LogP contribution in [0.3, 0.4) is 0 Å². The summed E-state index contributed by atoms with van der Waals surface area (Å²) in [7, 11) is -1.52. The number of benzene rings is 1. The molecule has 0 heterocycles. The number of sulfonamides is 1. The largest absolute Gasteiger partial charge is 0.319 e. The van der Waals surface area contributed by atoms with E-state index in [4.69, 9.17) is 0 Å². The first-order valence-corrected chi connectivity index (χ1v) is 9.30. The fourth-order valence-corrected chi connectivity index (χ4v) is 3.05. The number of rotatable bonds is 8. The van der Waals surface area contributed by atoms with Crippen molar-refractivity contribution in [1.82, 2.24) is 10.0 Å². The fourth-order valence-electron chi connectivity index (χ4n) is 1.53. The van der Waals surface area contributed by atoms with E-state index in [-0.39, 0.29) is 4.75 Å². The van der Waals surface area contributed by atoms with Gasteiger partial charge in [0.2, 0.25) is 10.0 Å². The van der Waals surface area contributed by atoms with Crippen LogP contribution in [0.2, 0.25) is 0 Å². The van der Waals surface area contributed by atoms with Crippen molar-refractivity contribution in [2.24, 2.45) is 0 Å². The smallest absolute Gasteiger partial charge is 0.240 e. The zero-order chi connectivity index (χ0) is 15.2. The predicted molar refractivity (Wildman–Crippen MR) is 86.9 cm³/mol. The lowest BCUT2D eigenvalue weighted by Gasteiger charge is -2.22. The van der Waals surface area contributed by atoms with Gasteiger partial charge in [-0.25, -0.2) is 13.1 Å². The van der Waals surface area contributed by atoms with Gasteiger partial charge in [-0.3, -0.25) is 0 Å². The van der Waals surface area contributed by atoms with Crippen LogP contribution in [-0.2, 0) is 16.4 Å². The van der Waals surface area contributed by atoms with E-state index in [2.05, 4.69) is 10.0 Å². The Hall–Kier alpha value is -0.560. The molecule has 1 rings (SSSR count). The van der Waals surface area contributed by atoms with Crippen LogP contribution >= 0.6 is 11.8 Å². The lowest BCUT2D eigenvalue weighted by atomic mass is 10.1. The second kappa shape index (κ2) is 7.45. The zero-order valence-corrected chi connectivity index (χ0v) is 14.2. The molecule has 0 atom stereocenters. The van der Waals surface area contributed by atoms with Crippen molar-refractivity contribution in [3.63, 3.8) is 0 Å². The summed E-state index contributed by atoms with van der Waals surface area (Å²) in [5.74, 6) is 0. The molecule has 0 unspecified atom stereocenters. The van der Waals surface area contributed by atoms with E-state index >= 15 is 0 Å². The Bertz CT molecular complexity index is 510. The number of hydrogen-bond acceptors (Lipinski definition) is 4. The maximum absolute atomic E-state index is 12.2. The lowest BCUT2D eigenvalue weighted by Crippen LogP contribution is -2.36. The quantitative estimate of drug-likeness (QED) is 0.769. The average Bonchev–Trinajstić information content (AvgIpc) is 2.44. The molecule has 0 aliphatic heterocycles. The van der Waals surface area contributed by atoms with E-state index in [0.717, 1.165) is 18.5 Å². The first kappa shape index (κ1) is 17.5. The molecule has 0 aliphatic rings. The summed E-state index contributed by atoms with van der Waals surface area (Å²) in [6.07, 6.45) is 2.87. The van der Waals surface area contributed by atoms with Gasteiger partial charge in [0.1, 0.15) is 0 Å². The first-order chi connectivity index (χ1) is 9.30. The Kier molecular flexibility index (Phi) is 6.51. The predicted octanol–water partition coefficient (Wildman–Crippen LogP) is 1.87. The number of thioether (sulfide) groups is 1. The summed E-state index contributed by atoms with van der Waals surface area (Å²) in [6.45, 7) is 5.33. The van der Waals surface area contributed by atoms with E-state index < -0.39 is 10.0 Å². The van der Waals surface area contributed by atoms with E-state index in [1.54, 1.807) is 23.9 Å². The van der Waals surface area contributed by atoms with Gasteiger partial charge in [-0.15, -0.1) is 0 Å². The number of likely N-dealkylation sites (N-methyl/N-ethyl adjacent to an activating group) is 1. The molecule has 0 saturated carbocycles. The highest BCUT2D eigenvalue weighted by atomic mass is 32.2. The topological polar surface area (TPSA) is 58.2 Å². The summed E-state index contributed by atoms with van der Waals surface area (Å²) < 4.78 is 26.9. The molecule has 6 heteroatoms. The molecule has 0 amide bonds. The third-order valence-electron chi connectivity index (χ3n) is 3.14. The van der Waals surface area contributed by atoms with Gasteiger partial charge in [0, 0.05) is 11.3 Å². The van der Waals surface area contributed by atoms with E-state index in [9.17, 15) is 8.42 Å². The maximum atomic E-state index is 12.2. The first-order valence-electron chi connectivity index (χ1n) is 6.59. The molecule has 0 aromatic heterocycles. The molecule has 0 spiro atoms. The molecule has 0 saturated heterocycles. The molecule has 2 N–H and O–H groups in total. The van der Waals surface area contributed by atoms with Gasteiger partial charge >= 0.3 is 0 Å². The Morgan fingerprint density at radius 1 is 1.20 bits per heavy atom. The summed E-state index contributed by atoms with van der Waals surface area (Å²) in [5, 5.41) is 3.07. The SMILES string of the molecule is CNCCc1ccc(S(=O)(=O)NCC(C)(C)SC)cc1. The molecule has 20 heavy (non-hydrogen) atoms. The Morgan fingerprint density at radius 2 is 1.80 bits per heavy atom. The number of nitrogens with one attached hydrogen (secondary N) is 2. The van der Waals surface area contributed by atoms with Gasteiger partial charge in [-0.1, -0.05) is 12.1 Å². The average molecular weight is 316 g/mol. The second-order valence-electron chi connectivity index (χ2n) is 5.29. The van der Waals surface area contributed by atoms with Crippen molar-refractivity contribution in [2.75, 3.05) is 26.4 Å². The van der Waals surface area contributed by atoms with Crippen molar-refractivity contribution >= 4 is 21.8 Å². The van der Waals surface area contributed by atoms with Gasteiger partial charge in [0.25, 0.3) is 0 Å². The van der Waals surface area contributed by atoms with Crippen LogP contribution in [0.15, 0.2) is 29.2 Å². The van der Waals surface area contributed by atoms with Crippen molar-refractivity contribution in [3.05, 3.63) is 29.8 Å². The minimum atomic E-state index is -3.42. The van der Waals surface area contributed by atoms with Crippen LogP contribution in [0.5, 0.6) is 0 Å². The van der Waals surface area contributed by atoms with Crippen LogP contribution in [0.4, 0.5) is 0 Å². The lowest BCUT2D eigenvalue weighted by molar-refractivity contribution is 0.570. The molecule has 0 radical (unpaired) electrons. The van der Waals surface area contributed by atoms with Crippen molar-refractivity contribution in [2.45, 2.75) is 29.9 Å². The molecular formula is C14H24N2O2S2. The summed E-state index contributed by atoms with van der Waals surface area (Å²) >= 11 is 1.64. The van der Waals surface area contributed by atoms with Crippen molar-refractivity contribution in [3.8, 4) is 0 Å². The maximum Gasteiger partial charge on any atom is 0.240 e. The van der Waals surface area contributed by atoms with Crippen LogP contribution < -0.4 is 10.0 Å². The fraction of sp³-hybridized carbons (Fsp3) is 0.571. The van der Waals surface area contributed by atoms with E-state index in [1.807, 2.05) is 39.3 Å².